The van der Waals surface area contributed by atoms with Crippen LogP contribution in [0.1, 0.15) is 32.6 Å². The molecule has 0 saturated carbocycles. The van der Waals surface area contributed by atoms with Crippen molar-refractivity contribution in [1.82, 2.24) is 4.90 Å². The van der Waals surface area contributed by atoms with Crippen molar-refractivity contribution in [2.24, 2.45) is 0 Å². The number of amides is 1. The maximum Gasteiger partial charge on any atom is 0.409 e. The fourth-order valence-corrected chi connectivity index (χ4v) is 1.44. The Kier molecular flexibility index (Phi) is 4.73. The molecule has 1 aliphatic heterocycles. The molecule has 0 radical (unpaired) electrons. The molecule has 1 saturated heterocycles. The van der Waals surface area contributed by atoms with Crippen LogP contribution in [0, 0.1) is 0 Å². The largest absolute Gasteiger partial charge is 0.449 e. The van der Waals surface area contributed by atoms with E-state index in [4.69, 9.17) is 4.74 Å². The zero-order chi connectivity index (χ0) is 10.4. The lowest BCUT2D eigenvalue weighted by molar-refractivity contribution is 0.0587. The summed E-state index contributed by atoms with van der Waals surface area (Å²) >= 11 is 0. The number of piperidine rings is 1. The molecule has 82 valence electrons. The zero-order valence-corrected chi connectivity index (χ0v) is 8.74. The molecule has 0 spiro atoms. The fraction of sp³-hybridized carbons (Fsp3) is 0.900. The molecule has 0 bridgehead atoms. The number of carbonyl (C=O) groups is 1. The van der Waals surface area contributed by atoms with Crippen LogP contribution in [-0.4, -0.2) is 41.9 Å². The van der Waals surface area contributed by atoms with Crippen molar-refractivity contribution in [3.8, 4) is 0 Å². The van der Waals surface area contributed by atoms with Crippen LogP contribution in [0.5, 0.6) is 0 Å². The molecule has 1 aliphatic rings. The molecule has 14 heavy (non-hydrogen) atoms. The predicted molar refractivity (Wildman–Crippen MR) is 53.1 cm³/mol. The molecular weight excluding hydrogens is 182 g/mol. The Balaban J connectivity index is 2.17. The summed E-state index contributed by atoms with van der Waals surface area (Å²) in [6.07, 6.45) is 2.82. The summed E-state index contributed by atoms with van der Waals surface area (Å²) < 4.78 is 5.06. The highest BCUT2D eigenvalue weighted by Gasteiger charge is 2.21. The average molecular weight is 201 g/mol. The Morgan fingerprint density at radius 1 is 1.50 bits per heavy atom. The summed E-state index contributed by atoms with van der Waals surface area (Å²) in [4.78, 5) is 13.1. The number of unbranched alkanes of at least 4 members (excludes halogenated alkanes) is 1. The van der Waals surface area contributed by atoms with Crippen LogP contribution in [0.2, 0.25) is 0 Å². The fourth-order valence-electron chi connectivity index (χ4n) is 1.44. The summed E-state index contributed by atoms with van der Waals surface area (Å²) in [6.45, 7) is 3.80. The van der Waals surface area contributed by atoms with Gasteiger partial charge >= 0.3 is 6.09 Å². The molecule has 1 N–H and O–H groups in total. The molecule has 0 aliphatic carbocycles. The Hall–Kier alpha value is -0.770. The maximum atomic E-state index is 11.4. The van der Waals surface area contributed by atoms with Gasteiger partial charge in [0.2, 0.25) is 0 Å². The molecule has 1 fully saturated rings. The Labute approximate surface area is 84.8 Å². The van der Waals surface area contributed by atoms with Gasteiger partial charge in [-0.25, -0.2) is 4.79 Å². The normalized spacial score (nSPS) is 18.3. The number of likely N-dealkylation sites (tertiary alicyclic amines) is 1. The first kappa shape index (κ1) is 11.3. The van der Waals surface area contributed by atoms with Gasteiger partial charge in [0.15, 0.2) is 0 Å². The van der Waals surface area contributed by atoms with E-state index in [0.717, 1.165) is 12.8 Å². The van der Waals surface area contributed by atoms with Gasteiger partial charge in [-0.05, 0) is 19.3 Å². The lowest BCUT2D eigenvalue weighted by atomic mass is 10.1. The predicted octanol–water partition coefficient (Wildman–Crippen LogP) is 1.38. The van der Waals surface area contributed by atoms with Gasteiger partial charge in [0.25, 0.3) is 0 Å². The average Bonchev–Trinajstić information content (AvgIpc) is 2.19. The topological polar surface area (TPSA) is 49.8 Å². The van der Waals surface area contributed by atoms with Gasteiger partial charge in [-0.3, -0.25) is 0 Å². The van der Waals surface area contributed by atoms with Crippen LogP contribution >= 0.6 is 0 Å². The molecular formula is C10H19NO3. The Morgan fingerprint density at radius 2 is 2.14 bits per heavy atom. The second kappa shape index (κ2) is 5.86. The maximum absolute atomic E-state index is 11.4. The molecule has 0 atom stereocenters. The second-order valence-corrected chi connectivity index (χ2v) is 3.69. The standard InChI is InChI=1S/C10H19NO3/c1-2-3-8-14-10(13)11-6-4-9(12)5-7-11/h9,12H,2-8H2,1H3. The van der Waals surface area contributed by atoms with Crippen LogP contribution in [-0.2, 0) is 4.74 Å². The van der Waals surface area contributed by atoms with E-state index in [-0.39, 0.29) is 12.2 Å². The van der Waals surface area contributed by atoms with Gasteiger partial charge in [0.05, 0.1) is 12.7 Å². The van der Waals surface area contributed by atoms with E-state index in [1.165, 1.54) is 0 Å². The first-order valence-electron chi connectivity index (χ1n) is 5.33. The zero-order valence-electron chi connectivity index (χ0n) is 8.74. The van der Waals surface area contributed by atoms with Crippen molar-refractivity contribution >= 4 is 6.09 Å². The van der Waals surface area contributed by atoms with E-state index >= 15 is 0 Å². The van der Waals surface area contributed by atoms with Crippen LogP contribution in [0.25, 0.3) is 0 Å². The minimum atomic E-state index is -0.241. The SMILES string of the molecule is CCCCOC(=O)N1CCC(O)CC1. The van der Waals surface area contributed by atoms with Gasteiger partial charge in [0.1, 0.15) is 0 Å². The number of ether oxygens (including phenoxy) is 1. The minimum Gasteiger partial charge on any atom is -0.449 e. The summed E-state index contributed by atoms with van der Waals surface area (Å²) in [6, 6.07) is 0. The van der Waals surface area contributed by atoms with E-state index < -0.39 is 0 Å². The van der Waals surface area contributed by atoms with Gasteiger partial charge < -0.3 is 14.7 Å². The smallest absolute Gasteiger partial charge is 0.409 e. The molecule has 0 aromatic heterocycles. The number of hydrogen-bond acceptors (Lipinski definition) is 3. The molecule has 0 aromatic carbocycles. The highest BCUT2D eigenvalue weighted by atomic mass is 16.6. The van der Waals surface area contributed by atoms with Crippen LogP contribution in [0.4, 0.5) is 4.79 Å². The van der Waals surface area contributed by atoms with Gasteiger partial charge in [-0.2, -0.15) is 0 Å². The molecule has 1 rings (SSSR count). The van der Waals surface area contributed by atoms with Gasteiger partial charge in [-0.15, -0.1) is 0 Å². The highest BCUT2D eigenvalue weighted by molar-refractivity contribution is 5.67. The van der Waals surface area contributed by atoms with Gasteiger partial charge in [0, 0.05) is 13.1 Å². The van der Waals surface area contributed by atoms with E-state index in [2.05, 4.69) is 6.92 Å². The second-order valence-electron chi connectivity index (χ2n) is 3.69. The lowest BCUT2D eigenvalue weighted by Crippen LogP contribution is -2.40. The number of aliphatic hydroxyl groups is 1. The molecule has 1 heterocycles. The van der Waals surface area contributed by atoms with Gasteiger partial charge in [-0.1, -0.05) is 13.3 Å². The van der Waals surface area contributed by atoms with E-state index in [0.29, 0.717) is 32.5 Å². The van der Waals surface area contributed by atoms with Crippen molar-refractivity contribution in [2.45, 2.75) is 38.7 Å². The van der Waals surface area contributed by atoms with Crippen LogP contribution < -0.4 is 0 Å². The molecule has 0 aromatic rings. The third-order valence-corrected chi connectivity index (χ3v) is 2.45. The quantitative estimate of drug-likeness (QED) is 0.702. The van der Waals surface area contributed by atoms with Crippen molar-refractivity contribution in [2.75, 3.05) is 19.7 Å². The molecule has 0 unspecified atom stereocenters. The number of nitrogens with zero attached hydrogens (tertiary/aromatic N) is 1. The molecule has 4 heteroatoms. The Morgan fingerprint density at radius 3 is 2.71 bits per heavy atom. The third-order valence-electron chi connectivity index (χ3n) is 2.45. The highest BCUT2D eigenvalue weighted by Crippen LogP contribution is 2.10. The first-order chi connectivity index (χ1) is 6.74. The van der Waals surface area contributed by atoms with Crippen LogP contribution in [0.3, 0.4) is 0 Å². The monoisotopic (exact) mass is 201 g/mol. The molecule has 1 amide bonds. The number of hydrogen-bond donors (Lipinski definition) is 1. The van der Waals surface area contributed by atoms with Crippen LogP contribution in [0.15, 0.2) is 0 Å². The number of aliphatic hydroxyl groups excluding tert-OH is 1. The van der Waals surface area contributed by atoms with Crippen molar-refractivity contribution < 1.29 is 14.6 Å². The van der Waals surface area contributed by atoms with E-state index in [1.54, 1.807) is 4.90 Å². The van der Waals surface area contributed by atoms with E-state index in [1.807, 2.05) is 0 Å². The molecule has 4 nitrogen and oxygen atoms in total. The Bertz CT molecular complexity index is 176. The summed E-state index contributed by atoms with van der Waals surface area (Å²) in [5.41, 5.74) is 0. The first-order valence-corrected chi connectivity index (χ1v) is 5.33. The third kappa shape index (κ3) is 3.54. The number of rotatable bonds is 3. The van der Waals surface area contributed by atoms with Crippen molar-refractivity contribution in [1.29, 1.82) is 0 Å². The van der Waals surface area contributed by atoms with Crippen molar-refractivity contribution in [3.05, 3.63) is 0 Å². The number of carbonyl (C=O) groups excluding carboxylic acids is 1. The minimum absolute atomic E-state index is 0.231. The van der Waals surface area contributed by atoms with E-state index in [9.17, 15) is 9.90 Å². The summed E-state index contributed by atoms with van der Waals surface area (Å²) in [5, 5.41) is 9.24. The van der Waals surface area contributed by atoms with Crippen molar-refractivity contribution in [3.63, 3.8) is 0 Å². The summed E-state index contributed by atoms with van der Waals surface area (Å²) in [7, 11) is 0. The lowest BCUT2D eigenvalue weighted by Gasteiger charge is -2.28. The summed E-state index contributed by atoms with van der Waals surface area (Å²) in [5.74, 6) is 0.